The molecule has 3 atom stereocenters. The van der Waals surface area contributed by atoms with Gasteiger partial charge in [-0.25, -0.2) is 4.79 Å². The Morgan fingerprint density at radius 3 is 1.42 bits per heavy atom. The molecule has 55 heavy (non-hydrogen) atoms. The van der Waals surface area contributed by atoms with Crippen LogP contribution in [0.3, 0.4) is 0 Å². The second-order valence-electron chi connectivity index (χ2n) is 13.0. The van der Waals surface area contributed by atoms with E-state index in [-0.39, 0.29) is 43.1 Å². The number of benzene rings is 4. The number of nitrogens with two attached hydrogens (primary N) is 3. The van der Waals surface area contributed by atoms with Crippen LogP contribution in [0.1, 0.15) is 104 Å². The van der Waals surface area contributed by atoms with E-state index in [1.54, 1.807) is 12.2 Å². The predicted octanol–water partition coefficient (Wildman–Crippen LogP) is 9.36. The van der Waals surface area contributed by atoms with Crippen molar-refractivity contribution in [2.75, 3.05) is 0 Å². The number of carboxylic acid groups (broad SMARTS) is 1. The highest BCUT2D eigenvalue weighted by molar-refractivity contribution is 5.90. The fourth-order valence-corrected chi connectivity index (χ4v) is 5.54. The summed E-state index contributed by atoms with van der Waals surface area (Å²) in [6, 6.07) is 32.1. The van der Waals surface area contributed by atoms with Crippen LogP contribution in [0.5, 0.6) is 0 Å². The number of primary amides is 3. The van der Waals surface area contributed by atoms with Gasteiger partial charge in [-0.15, -0.1) is 0 Å². The van der Waals surface area contributed by atoms with E-state index in [1.807, 2.05) is 81.4 Å². The molecular weight excluding hydrogens is 689 g/mol. The molecule has 0 saturated carbocycles. The second-order valence-corrected chi connectivity index (χ2v) is 13.0. The first-order chi connectivity index (χ1) is 25.1. The lowest BCUT2D eigenvalue weighted by Gasteiger charge is -2.20. The lowest BCUT2D eigenvalue weighted by molar-refractivity contribution is -0.131. The van der Waals surface area contributed by atoms with Crippen molar-refractivity contribution in [2.45, 2.75) is 87.0 Å². The largest absolute Gasteiger partial charge is 0.478 e. The summed E-state index contributed by atoms with van der Waals surface area (Å²) in [5.74, 6) is -1.37. The third-order valence-electron chi connectivity index (χ3n) is 8.36. The lowest BCUT2D eigenvalue weighted by Crippen LogP contribution is -2.26. The Hall–Kier alpha value is -5.80. The van der Waals surface area contributed by atoms with Crippen LogP contribution in [-0.4, -0.2) is 28.8 Å². The van der Waals surface area contributed by atoms with Gasteiger partial charge >= 0.3 is 5.97 Å². The van der Waals surface area contributed by atoms with Crippen molar-refractivity contribution in [1.82, 2.24) is 6.15 Å². The van der Waals surface area contributed by atoms with Crippen molar-refractivity contribution in [1.29, 1.82) is 0 Å². The molecule has 0 aliphatic carbocycles. The summed E-state index contributed by atoms with van der Waals surface area (Å²) in [7, 11) is 0. The molecule has 0 saturated heterocycles. The number of hydrogen-bond donors (Lipinski definition) is 5. The third-order valence-corrected chi connectivity index (χ3v) is 8.36. The summed E-state index contributed by atoms with van der Waals surface area (Å²) in [6.45, 7) is 14.2. The van der Waals surface area contributed by atoms with Crippen LogP contribution in [0.25, 0.3) is 12.2 Å². The van der Waals surface area contributed by atoms with Gasteiger partial charge in [-0.3, -0.25) is 14.4 Å². The summed E-state index contributed by atoms with van der Waals surface area (Å²) < 4.78 is 0. The molecule has 0 fully saturated rings. The molecule has 0 bridgehead atoms. The molecule has 0 radical (unpaired) electrons. The smallest absolute Gasteiger partial charge is 0.328 e. The topological polar surface area (TPSA) is 202 Å². The number of amides is 3. The van der Waals surface area contributed by atoms with Gasteiger partial charge in [0.2, 0.25) is 17.7 Å². The number of carbonyl (C=O) groups is 4. The van der Waals surface area contributed by atoms with Crippen molar-refractivity contribution in [3.8, 4) is 0 Å². The van der Waals surface area contributed by atoms with Crippen LogP contribution in [0.15, 0.2) is 109 Å². The van der Waals surface area contributed by atoms with Crippen molar-refractivity contribution in [3.05, 3.63) is 154 Å². The first kappa shape index (κ1) is 51.3. The quantitative estimate of drug-likeness (QED) is 0.0892. The Morgan fingerprint density at radius 1 is 0.636 bits per heavy atom. The van der Waals surface area contributed by atoms with Crippen LogP contribution in [-0.2, 0) is 19.2 Å². The minimum Gasteiger partial charge on any atom is -0.478 e. The zero-order valence-electron chi connectivity index (χ0n) is 32.9. The van der Waals surface area contributed by atoms with E-state index in [0.717, 1.165) is 35.6 Å². The predicted molar refractivity (Wildman–Crippen MR) is 230 cm³/mol. The van der Waals surface area contributed by atoms with E-state index < -0.39 is 11.9 Å². The molecule has 9 heteroatoms. The van der Waals surface area contributed by atoms with Crippen LogP contribution in [0.2, 0.25) is 0 Å². The molecular formula is C46H64N4O5. The monoisotopic (exact) mass is 752 g/mol. The van der Waals surface area contributed by atoms with Gasteiger partial charge in [0, 0.05) is 24.5 Å². The molecule has 298 valence electrons. The Morgan fingerprint density at radius 2 is 1.05 bits per heavy atom. The number of hydrogen-bond acceptors (Lipinski definition) is 5. The van der Waals surface area contributed by atoms with Crippen LogP contribution in [0, 0.1) is 33.6 Å². The van der Waals surface area contributed by atoms with E-state index in [2.05, 4.69) is 64.1 Å². The van der Waals surface area contributed by atoms with E-state index in [0.29, 0.717) is 6.42 Å². The van der Waals surface area contributed by atoms with Crippen LogP contribution >= 0.6 is 0 Å². The van der Waals surface area contributed by atoms with Crippen LogP contribution < -0.4 is 23.4 Å². The molecule has 0 aliphatic rings. The van der Waals surface area contributed by atoms with Gasteiger partial charge in [-0.05, 0) is 86.8 Å². The molecule has 3 amide bonds. The van der Waals surface area contributed by atoms with Gasteiger partial charge < -0.3 is 28.5 Å². The van der Waals surface area contributed by atoms with E-state index >= 15 is 0 Å². The standard InChI is InChI=1S/C13H19NO.C12H17NO.C10H11NO.C10H10O2.CH4.H3N/c1-4-12(10(3)13(14)15)11-7-5-6-9(2)8-11;1-3-10(8-12(13)14)11-6-4-5-9(2)7-11;2*1-8-3-2-4-9(7-8)5-6-10(11)12;;/h5-8,10,12H,4H2,1-3H3,(H2,14,15);4-7,10H,3,8H2,1-2H3,(H2,13,14);2-7H,1H3,(H2,11,12);2-7H,1H3,(H,11,12);1H4;1H3/b;;2*6-5+;;/t10-,12-;10-;;;;/m11..../s1. The lowest BCUT2D eigenvalue weighted by atomic mass is 9.84. The number of rotatable bonds is 12. The van der Waals surface area contributed by atoms with E-state index in [1.165, 1.54) is 33.9 Å². The zero-order valence-corrected chi connectivity index (χ0v) is 32.9. The third kappa shape index (κ3) is 22.1. The molecule has 0 aromatic heterocycles. The first-order valence-electron chi connectivity index (χ1n) is 17.8. The number of carbonyl (C=O) groups excluding carboxylic acids is 3. The summed E-state index contributed by atoms with van der Waals surface area (Å²) in [5.41, 5.74) is 24.6. The summed E-state index contributed by atoms with van der Waals surface area (Å²) in [5, 5.41) is 8.36. The average Bonchev–Trinajstić information content (AvgIpc) is 3.10. The van der Waals surface area contributed by atoms with Gasteiger partial charge in [-0.1, -0.05) is 148 Å². The van der Waals surface area contributed by atoms with Gasteiger partial charge in [0.25, 0.3) is 0 Å². The number of carboxylic acids is 1. The minimum absolute atomic E-state index is 0. The number of aryl methyl sites for hydroxylation is 4. The minimum atomic E-state index is -0.920. The first-order valence-corrected chi connectivity index (χ1v) is 17.8. The Labute approximate surface area is 329 Å². The highest BCUT2D eigenvalue weighted by atomic mass is 16.4. The fourth-order valence-electron chi connectivity index (χ4n) is 5.54. The van der Waals surface area contributed by atoms with Crippen LogP contribution in [0.4, 0.5) is 0 Å². The highest BCUT2D eigenvalue weighted by Crippen LogP contribution is 2.28. The molecule has 0 unspecified atom stereocenters. The van der Waals surface area contributed by atoms with Gasteiger partial charge in [0.1, 0.15) is 0 Å². The molecule has 4 aromatic carbocycles. The van der Waals surface area contributed by atoms with Crippen molar-refractivity contribution >= 4 is 35.8 Å². The summed E-state index contributed by atoms with van der Waals surface area (Å²) in [4.78, 5) is 42.6. The van der Waals surface area contributed by atoms with E-state index in [9.17, 15) is 19.2 Å². The fraction of sp³-hybridized carbons (Fsp3) is 0.304. The molecule has 4 rings (SSSR count). The van der Waals surface area contributed by atoms with Crippen molar-refractivity contribution in [2.24, 2.45) is 23.1 Å². The Bertz CT molecular complexity index is 1770. The highest BCUT2D eigenvalue weighted by Gasteiger charge is 2.21. The number of aliphatic carboxylic acids is 1. The van der Waals surface area contributed by atoms with Gasteiger partial charge in [-0.2, -0.15) is 0 Å². The van der Waals surface area contributed by atoms with E-state index in [4.69, 9.17) is 22.3 Å². The Kier molecular flexibility index (Phi) is 25.9. The van der Waals surface area contributed by atoms with Crippen molar-refractivity contribution < 1.29 is 24.3 Å². The molecule has 9 nitrogen and oxygen atoms in total. The molecule has 0 aliphatic heterocycles. The normalized spacial score (nSPS) is 11.7. The summed E-state index contributed by atoms with van der Waals surface area (Å²) >= 11 is 0. The maximum Gasteiger partial charge on any atom is 0.328 e. The van der Waals surface area contributed by atoms with Gasteiger partial charge in [0.15, 0.2) is 0 Å². The Balaban J connectivity index is 0. The van der Waals surface area contributed by atoms with Crippen molar-refractivity contribution in [3.63, 3.8) is 0 Å². The molecule has 0 spiro atoms. The average molecular weight is 753 g/mol. The zero-order chi connectivity index (χ0) is 39.9. The van der Waals surface area contributed by atoms with Gasteiger partial charge in [0.05, 0.1) is 0 Å². The second kappa shape index (κ2) is 27.8. The summed E-state index contributed by atoms with van der Waals surface area (Å²) in [6.07, 6.45) is 8.11. The molecule has 10 N–H and O–H groups in total. The maximum absolute atomic E-state index is 11.2. The SMILES string of the molecule is C.CC[C@@H](c1cccc(C)c1)[C@@H](C)C(N)=O.CC[C@H](CC(N)=O)c1cccc(C)c1.Cc1cccc(/C=C/C(=O)O)c1.Cc1cccc(/C=C/C(N)=O)c1.N. The molecule has 0 heterocycles. The maximum atomic E-state index is 11.2. The molecule has 4 aromatic rings.